The lowest BCUT2D eigenvalue weighted by Crippen LogP contribution is -2.33. The van der Waals surface area contributed by atoms with Crippen LogP contribution in [0.5, 0.6) is 0 Å². The maximum Gasteiger partial charge on any atom is 0.336 e. The van der Waals surface area contributed by atoms with Gasteiger partial charge in [0.25, 0.3) is 0 Å². The standard InChI is InChI=1S/C16H23NO4/c1-20-10-4-11-21-12-9-17-8-3-6-13-14(16(18)19)5-2-7-15(13)17/h2,5,7H,3-4,6,8-12H2,1H3,(H,18,19). The van der Waals surface area contributed by atoms with Crippen LogP contribution in [-0.2, 0) is 15.9 Å². The van der Waals surface area contributed by atoms with Gasteiger partial charge in [0.05, 0.1) is 12.2 Å². The van der Waals surface area contributed by atoms with Crippen molar-refractivity contribution in [1.82, 2.24) is 0 Å². The van der Waals surface area contributed by atoms with Crippen LogP contribution in [-0.4, -0.2) is 51.1 Å². The third-order valence-corrected chi connectivity index (χ3v) is 3.72. The van der Waals surface area contributed by atoms with Gasteiger partial charge in [0.15, 0.2) is 0 Å². The monoisotopic (exact) mass is 293 g/mol. The Morgan fingerprint density at radius 1 is 1.33 bits per heavy atom. The van der Waals surface area contributed by atoms with Gasteiger partial charge in [-0.2, -0.15) is 0 Å². The second kappa shape index (κ2) is 8.00. The summed E-state index contributed by atoms with van der Waals surface area (Å²) in [5, 5.41) is 9.27. The topological polar surface area (TPSA) is 59.0 Å². The van der Waals surface area contributed by atoms with Crippen molar-refractivity contribution in [2.45, 2.75) is 19.3 Å². The number of rotatable bonds is 8. The zero-order chi connectivity index (χ0) is 15.1. The van der Waals surface area contributed by atoms with Crippen LogP contribution in [0.4, 0.5) is 5.69 Å². The molecule has 0 radical (unpaired) electrons. The third kappa shape index (κ3) is 4.19. The van der Waals surface area contributed by atoms with Crippen LogP contribution in [0.2, 0.25) is 0 Å². The quantitative estimate of drug-likeness (QED) is 0.745. The van der Waals surface area contributed by atoms with E-state index in [1.54, 1.807) is 13.2 Å². The van der Waals surface area contributed by atoms with Crippen LogP contribution in [0, 0.1) is 0 Å². The lowest BCUT2D eigenvalue weighted by molar-refractivity contribution is 0.0695. The van der Waals surface area contributed by atoms with Gasteiger partial charge in [-0.25, -0.2) is 4.79 Å². The van der Waals surface area contributed by atoms with Crippen LogP contribution in [0.15, 0.2) is 18.2 Å². The van der Waals surface area contributed by atoms with Crippen LogP contribution in [0.3, 0.4) is 0 Å². The van der Waals surface area contributed by atoms with E-state index in [1.807, 2.05) is 12.1 Å². The molecular weight excluding hydrogens is 270 g/mol. The summed E-state index contributed by atoms with van der Waals surface area (Å²) in [5.41, 5.74) is 2.43. The second-order valence-electron chi connectivity index (χ2n) is 5.16. The Bertz CT molecular complexity index is 475. The normalized spacial score (nSPS) is 14.0. The summed E-state index contributed by atoms with van der Waals surface area (Å²) in [5.74, 6) is -0.843. The number of nitrogens with zero attached hydrogens (tertiary/aromatic N) is 1. The number of aromatic carboxylic acids is 1. The predicted molar refractivity (Wildman–Crippen MR) is 81.2 cm³/mol. The number of benzene rings is 1. The van der Waals surface area contributed by atoms with Crippen LogP contribution in [0.25, 0.3) is 0 Å². The highest BCUT2D eigenvalue weighted by atomic mass is 16.5. The molecule has 5 nitrogen and oxygen atoms in total. The zero-order valence-corrected chi connectivity index (χ0v) is 12.5. The molecule has 1 aromatic carbocycles. The van der Waals surface area contributed by atoms with E-state index >= 15 is 0 Å². The Morgan fingerprint density at radius 3 is 2.95 bits per heavy atom. The van der Waals surface area contributed by atoms with E-state index in [-0.39, 0.29) is 0 Å². The zero-order valence-electron chi connectivity index (χ0n) is 12.5. The fourth-order valence-electron chi connectivity index (χ4n) is 2.72. The number of fused-ring (bicyclic) bond motifs is 1. The molecule has 0 amide bonds. The van der Waals surface area contributed by atoms with E-state index in [1.165, 1.54) is 0 Å². The first-order valence-electron chi connectivity index (χ1n) is 7.41. The number of carbonyl (C=O) groups is 1. The molecular formula is C16H23NO4. The first kappa shape index (κ1) is 15.8. The van der Waals surface area contributed by atoms with E-state index < -0.39 is 5.97 Å². The number of carboxylic acids is 1. The maximum atomic E-state index is 11.3. The molecule has 1 aliphatic rings. The Balaban J connectivity index is 1.92. The molecule has 0 unspecified atom stereocenters. The highest BCUT2D eigenvalue weighted by Crippen LogP contribution is 2.29. The number of ether oxygens (including phenoxy) is 2. The first-order valence-corrected chi connectivity index (χ1v) is 7.41. The Hall–Kier alpha value is -1.59. The number of methoxy groups -OCH3 is 1. The van der Waals surface area contributed by atoms with Crippen LogP contribution >= 0.6 is 0 Å². The Kier molecular flexibility index (Phi) is 6.02. The lowest BCUT2D eigenvalue weighted by Gasteiger charge is -2.32. The predicted octanol–water partition coefficient (Wildman–Crippen LogP) is 2.19. The molecule has 0 spiro atoms. The minimum absolute atomic E-state index is 0.429. The first-order chi connectivity index (χ1) is 10.2. The van der Waals surface area contributed by atoms with Crippen molar-refractivity contribution < 1.29 is 19.4 Å². The summed E-state index contributed by atoms with van der Waals surface area (Å²) in [6.07, 6.45) is 2.72. The van der Waals surface area contributed by atoms with Crippen molar-refractivity contribution in [3.8, 4) is 0 Å². The molecule has 0 saturated carbocycles. The number of anilines is 1. The van der Waals surface area contributed by atoms with Gasteiger partial charge in [0.1, 0.15) is 0 Å². The van der Waals surface area contributed by atoms with E-state index in [2.05, 4.69) is 4.90 Å². The number of carboxylic acid groups (broad SMARTS) is 1. The molecule has 0 aromatic heterocycles. The molecule has 5 heteroatoms. The minimum Gasteiger partial charge on any atom is -0.478 e. The fourth-order valence-corrected chi connectivity index (χ4v) is 2.72. The second-order valence-corrected chi connectivity index (χ2v) is 5.16. The Morgan fingerprint density at radius 2 is 2.19 bits per heavy atom. The molecule has 1 heterocycles. The third-order valence-electron chi connectivity index (χ3n) is 3.72. The molecule has 1 aliphatic heterocycles. The molecule has 2 rings (SSSR count). The van der Waals surface area contributed by atoms with Gasteiger partial charge < -0.3 is 19.5 Å². The highest BCUT2D eigenvalue weighted by Gasteiger charge is 2.21. The van der Waals surface area contributed by atoms with Crippen molar-refractivity contribution >= 4 is 11.7 Å². The van der Waals surface area contributed by atoms with Gasteiger partial charge in [-0.15, -0.1) is 0 Å². The van der Waals surface area contributed by atoms with Crippen LogP contribution in [0.1, 0.15) is 28.8 Å². The lowest BCUT2D eigenvalue weighted by atomic mass is 9.96. The van der Waals surface area contributed by atoms with Gasteiger partial charge in [-0.05, 0) is 37.0 Å². The van der Waals surface area contributed by atoms with Gasteiger partial charge in [0, 0.05) is 39.1 Å². The van der Waals surface area contributed by atoms with E-state index in [4.69, 9.17) is 9.47 Å². The Labute approximate surface area is 125 Å². The van der Waals surface area contributed by atoms with Gasteiger partial charge in [-0.1, -0.05) is 6.07 Å². The molecule has 0 fully saturated rings. The summed E-state index contributed by atoms with van der Waals surface area (Å²) in [4.78, 5) is 13.5. The minimum atomic E-state index is -0.843. The van der Waals surface area contributed by atoms with Crippen LogP contribution < -0.4 is 4.90 Å². The largest absolute Gasteiger partial charge is 0.478 e. The summed E-state index contributed by atoms with van der Waals surface area (Å²) in [6, 6.07) is 5.51. The number of hydrogen-bond donors (Lipinski definition) is 1. The molecule has 1 aromatic rings. The van der Waals surface area contributed by atoms with Gasteiger partial charge in [0.2, 0.25) is 0 Å². The van der Waals surface area contributed by atoms with Gasteiger partial charge in [-0.3, -0.25) is 0 Å². The van der Waals surface area contributed by atoms with E-state index in [0.717, 1.165) is 43.6 Å². The van der Waals surface area contributed by atoms with E-state index in [9.17, 15) is 9.90 Å². The fraction of sp³-hybridized carbons (Fsp3) is 0.562. The highest BCUT2D eigenvalue weighted by molar-refractivity contribution is 5.91. The molecule has 1 N–H and O–H groups in total. The summed E-state index contributed by atoms with van der Waals surface area (Å²) < 4.78 is 10.6. The summed E-state index contributed by atoms with van der Waals surface area (Å²) >= 11 is 0. The summed E-state index contributed by atoms with van der Waals surface area (Å²) in [7, 11) is 1.69. The molecule has 0 bridgehead atoms. The summed E-state index contributed by atoms with van der Waals surface area (Å²) in [6.45, 7) is 3.82. The average Bonchev–Trinajstić information content (AvgIpc) is 2.50. The number of hydrogen-bond acceptors (Lipinski definition) is 4. The van der Waals surface area contributed by atoms with Crippen molar-refractivity contribution in [1.29, 1.82) is 0 Å². The van der Waals surface area contributed by atoms with E-state index in [0.29, 0.717) is 25.4 Å². The smallest absolute Gasteiger partial charge is 0.336 e. The molecule has 0 atom stereocenters. The average molecular weight is 293 g/mol. The van der Waals surface area contributed by atoms with Gasteiger partial charge >= 0.3 is 5.97 Å². The SMILES string of the molecule is COCCCOCCN1CCCc2c(C(=O)O)cccc21. The van der Waals surface area contributed by atoms with Crippen molar-refractivity contribution in [3.05, 3.63) is 29.3 Å². The molecule has 21 heavy (non-hydrogen) atoms. The molecule has 0 saturated heterocycles. The molecule has 116 valence electrons. The molecule has 0 aliphatic carbocycles. The van der Waals surface area contributed by atoms with Crippen molar-refractivity contribution in [3.63, 3.8) is 0 Å². The maximum absolute atomic E-state index is 11.3. The van der Waals surface area contributed by atoms with Crippen molar-refractivity contribution in [2.75, 3.05) is 44.9 Å². The van der Waals surface area contributed by atoms with Crippen molar-refractivity contribution in [2.24, 2.45) is 0 Å².